The van der Waals surface area contributed by atoms with E-state index in [1.54, 1.807) is 0 Å². The second-order valence-electron chi connectivity index (χ2n) is 4.22. The van der Waals surface area contributed by atoms with Crippen molar-refractivity contribution in [1.29, 1.82) is 0 Å². The van der Waals surface area contributed by atoms with Crippen LogP contribution in [0.15, 0.2) is 0 Å². The molecule has 0 aliphatic heterocycles. The van der Waals surface area contributed by atoms with Gasteiger partial charge < -0.3 is 11.1 Å². The molecule has 0 bridgehead atoms. The molecule has 0 fully saturated rings. The molecule has 0 unspecified atom stereocenters. The minimum atomic E-state index is -0.0348. The van der Waals surface area contributed by atoms with Gasteiger partial charge in [0.2, 0.25) is 0 Å². The Morgan fingerprint density at radius 3 is 2.62 bits per heavy atom. The Labute approximate surface area is 101 Å². The molecule has 3 nitrogen and oxygen atoms in total. The first-order chi connectivity index (χ1) is 7.49. The molecule has 1 rings (SSSR count). The highest BCUT2D eigenvalue weighted by atomic mass is 32.1. The van der Waals surface area contributed by atoms with Crippen molar-refractivity contribution >= 4 is 22.2 Å². The summed E-state index contributed by atoms with van der Waals surface area (Å²) in [6.07, 6.45) is 0.936. The molecular formula is C12H20N2OS. The number of thiophene rings is 1. The fraction of sp³-hybridized carbons (Fsp3) is 0.583. The van der Waals surface area contributed by atoms with Gasteiger partial charge in [0.15, 0.2) is 0 Å². The van der Waals surface area contributed by atoms with E-state index in [4.69, 9.17) is 5.73 Å². The first-order valence-corrected chi connectivity index (χ1v) is 6.47. The van der Waals surface area contributed by atoms with E-state index in [2.05, 4.69) is 19.2 Å². The molecule has 0 aromatic carbocycles. The highest BCUT2D eigenvalue weighted by molar-refractivity contribution is 7.16. The Bertz CT molecular complexity index is 383. The first-order valence-electron chi connectivity index (χ1n) is 5.66. The van der Waals surface area contributed by atoms with Gasteiger partial charge in [-0.1, -0.05) is 20.8 Å². The van der Waals surface area contributed by atoms with Gasteiger partial charge in [-0.15, -0.1) is 11.3 Å². The molecule has 1 amide bonds. The Kier molecular flexibility index (Phi) is 4.35. The van der Waals surface area contributed by atoms with E-state index in [0.29, 0.717) is 23.0 Å². The molecule has 1 heterocycles. The fourth-order valence-electron chi connectivity index (χ4n) is 1.84. The normalized spacial score (nSPS) is 10.8. The third kappa shape index (κ3) is 2.55. The van der Waals surface area contributed by atoms with Gasteiger partial charge in [0.05, 0.1) is 10.6 Å². The van der Waals surface area contributed by atoms with Crippen molar-refractivity contribution in [3.63, 3.8) is 0 Å². The van der Waals surface area contributed by atoms with E-state index in [1.807, 2.05) is 13.8 Å². The Morgan fingerprint density at radius 1 is 1.50 bits per heavy atom. The van der Waals surface area contributed by atoms with Crippen LogP contribution in [-0.2, 0) is 0 Å². The SMILES string of the molecule is CCCNC(=O)c1c(N)sc(C)c1C(C)C. The second-order valence-corrected chi connectivity index (χ2v) is 5.48. The maximum Gasteiger partial charge on any atom is 0.254 e. The summed E-state index contributed by atoms with van der Waals surface area (Å²) in [4.78, 5) is 13.1. The monoisotopic (exact) mass is 240 g/mol. The van der Waals surface area contributed by atoms with Gasteiger partial charge in [-0.2, -0.15) is 0 Å². The van der Waals surface area contributed by atoms with E-state index < -0.39 is 0 Å². The number of carbonyl (C=O) groups excluding carboxylic acids is 1. The third-order valence-corrected chi connectivity index (χ3v) is 3.45. The second kappa shape index (κ2) is 5.34. The number of aryl methyl sites for hydroxylation is 1. The van der Waals surface area contributed by atoms with Crippen LogP contribution in [0.3, 0.4) is 0 Å². The van der Waals surface area contributed by atoms with Crippen LogP contribution in [0.25, 0.3) is 0 Å². The minimum absolute atomic E-state index is 0.0348. The average molecular weight is 240 g/mol. The lowest BCUT2D eigenvalue weighted by Gasteiger charge is -2.10. The summed E-state index contributed by atoms with van der Waals surface area (Å²) >= 11 is 1.50. The average Bonchev–Trinajstić information content (AvgIpc) is 2.50. The standard InChI is InChI=1S/C12H20N2OS/c1-5-6-14-12(15)10-9(7(2)3)8(4)16-11(10)13/h7H,5-6,13H2,1-4H3,(H,14,15). The number of nitrogen functional groups attached to an aromatic ring is 1. The largest absolute Gasteiger partial charge is 0.390 e. The number of rotatable bonds is 4. The van der Waals surface area contributed by atoms with Crippen LogP contribution in [0, 0.1) is 6.92 Å². The van der Waals surface area contributed by atoms with Gasteiger partial charge in [0.25, 0.3) is 5.91 Å². The maximum atomic E-state index is 12.0. The molecule has 0 aliphatic carbocycles. The van der Waals surface area contributed by atoms with Crippen LogP contribution in [0.1, 0.15) is 53.9 Å². The number of nitrogens with two attached hydrogens (primary N) is 1. The number of anilines is 1. The van der Waals surface area contributed by atoms with Gasteiger partial charge in [-0.3, -0.25) is 4.79 Å². The number of nitrogens with one attached hydrogen (secondary N) is 1. The van der Waals surface area contributed by atoms with Gasteiger partial charge >= 0.3 is 0 Å². The van der Waals surface area contributed by atoms with Gasteiger partial charge in [0, 0.05) is 11.4 Å². The quantitative estimate of drug-likeness (QED) is 0.850. The van der Waals surface area contributed by atoms with Crippen molar-refractivity contribution in [2.45, 2.75) is 40.0 Å². The zero-order valence-corrected chi connectivity index (χ0v) is 11.2. The van der Waals surface area contributed by atoms with Crippen molar-refractivity contribution < 1.29 is 4.79 Å². The van der Waals surface area contributed by atoms with E-state index >= 15 is 0 Å². The summed E-state index contributed by atoms with van der Waals surface area (Å²) in [5.74, 6) is 0.295. The van der Waals surface area contributed by atoms with Crippen molar-refractivity contribution in [1.82, 2.24) is 5.32 Å². The van der Waals surface area contributed by atoms with Gasteiger partial charge in [-0.25, -0.2) is 0 Å². The van der Waals surface area contributed by atoms with Crippen molar-refractivity contribution in [2.24, 2.45) is 0 Å². The summed E-state index contributed by atoms with van der Waals surface area (Å²) in [7, 11) is 0. The zero-order valence-electron chi connectivity index (χ0n) is 10.4. The van der Waals surface area contributed by atoms with Crippen molar-refractivity contribution in [2.75, 3.05) is 12.3 Å². The molecule has 1 aromatic rings. The highest BCUT2D eigenvalue weighted by Gasteiger charge is 2.21. The number of hydrogen-bond donors (Lipinski definition) is 2. The molecular weight excluding hydrogens is 220 g/mol. The molecule has 0 saturated carbocycles. The first kappa shape index (κ1) is 13.0. The smallest absolute Gasteiger partial charge is 0.254 e. The summed E-state index contributed by atoms with van der Waals surface area (Å²) in [6.45, 7) is 8.93. The zero-order chi connectivity index (χ0) is 12.3. The third-order valence-electron chi connectivity index (χ3n) is 2.50. The minimum Gasteiger partial charge on any atom is -0.390 e. The summed E-state index contributed by atoms with van der Waals surface area (Å²) in [6, 6.07) is 0. The van der Waals surface area contributed by atoms with Crippen LogP contribution < -0.4 is 11.1 Å². The molecule has 3 N–H and O–H groups in total. The number of amides is 1. The molecule has 0 saturated heterocycles. The van der Waals surface area contributed by atoms with Crippen LogP contribution in [0.5, 0.6) is 0 Å². The predicted molar refractivity (Wildman–Crippen MR) is 70.2 cm³/mol. The van der Waals surface area contributed by atoms with Gasteiger partial charge in [-0.05, 0) is 24.8 Å². The Hall–Kier alpha value is -1.03. The van der Waals surface area contributed by atoms with E-state index in [0.717, 1.165) is 16.9 Å². The number of carbonyl (C=O) groups is 1. The molecule has 4 heteroatoms. The molecule has 16 heavy (non-hydrogen) atoms. The molecule has 0 aliphatic rings. The highest BCUT2D eigenvalue weighted by Crippen LogP contribution is 2.35. The van der Waals surface area contributed by atoms with E-state index in [-0.39, 0.29) is 5.91 Å². The van der Waals surface area contributed by atoms with Crippen LogP contribution in [-0.4, -0.2) is 12.5 Å². The lowest BCUT2D eigenvalue weighted by Crippen LogP contribution is -2.25. The lowest BCUT2D eigenvalue weighted by atomic mass is 9.98. The summed E-state index contributed by atoms with van der Waals surface area (Å²) in [5, 5.41) is 3.52. The topological polar surface area (TPSA) is 55.1 Å². The summed E-state index contributed by atoms with van der Waals surface area (Å²) in [5.41, 5.74) is 7.69. The van der Waals surface area contributed by atoms with Crippen LogP contribution >= 0.6 is 11.3 Å². The summed E-state index contributed by atoms with van der Waals surface area (Å²) < 4.78 is 0. The van der Waals surface area contributed by atoms with Gasteiger partial charge in [0.1, 0.15) is 0 Å². The Morgan fingerprint density at radius 2 is 2.12 bits per heavy atom. The fourth-order valence-corrected chi connectivity index (χ4v) is 2.92. The lowest BCUT2D eigenvalue weighted by molar-refractivity contribution is 0.0953. The molecule has 0 spiro atoms. The molecule has 0 radical (unpaired) electrons. The van der Waals surface area contributed by atoms with Crippen molar-refractivity contribution in [3.05, 3.63) is 16.0 Å². The predicted octanol–water partition coefficient (Wildman–Crippen LogP) is 2.90. The van der Waals surface area contributed by atoms with Crippen molar-refractivity contribution in [3.8, 4) is 0 Å². The van der Waals surface area contributed by atoms with Crippen LogP contribution in [0.2, 0.25) is 0 Å². The van der Waals surface area contributed by atoms with E-state index in [1.165, 1.54) is 11.3 Å². The molecule has 90 valence electrons. The molecule has 0 atom stereocenters. The Balaban J connectivity index is 3.06. The van der Waals surface area contributed by atoms with E-state index in [9.17, 15) is 4.79 Å². The number of hydrogen-bond acceptors (Lipinski definition) is 3. The van der Waals surface area contributed by atoms with Crippen LogP contribution in [0.4, 0.5) is 5.00 Å². The maximum absolute atomic E-state index is 12.0. The molecule has 1 aromatic heterocycles.